The Morgan fingerprint density at radius 2 is 1.00 bits per heavy atom. The van der Waals surface area contributed by atoms with Gasteiger partial charge in [-0.1, -0.05) is 0 Å². The van der Waals surface area contributed by atoms with Crippen LogP contribution in [0, 0.1) is 0 Å². The maximum absolute atomic E-state index is 4.95. The summed E-state index contributed by atoms with van der Waals surface area (Å²) in [5, 5.41) is 0. The normalized spacial score (nSPS) is 5.11. The first kappa shape index (κ1) is 23.0. The monoisotopic (exact) mass is 411 g/mol. The van der Waals surface area contributed by atoms with Crippen LogP contribution in [-0.4, -0.2) is 0 Å². The molecule has 0 aliphatic rings. The van der Waals surface area contributed by atoms with Crippen LogP contribution >= 0.6 is 49.5 Å². The fraction of sp³-hybridized carbons (Fsp3) is 0. The van der Waals surface area contributed by atoms with Crippen LogP contribution in [0.25, 0.3) is 0 Å². The first-order chi connectivity index (χ1) is 3.15. The van der Waals surface area contributed by atoms with Gasteiger partial charge in [0.1, 0.15) is 0 Å². The second kappa shape index (κ2) is 22.6. The summed E-state index contributed by atoms with van der Waals surface area (Å²) in [5.74, 6) is 0. The van der Waals surface area contributed by atoms with Gasteiger partial charge in [0, 0.05) is 36.5 Å². The molecule has 0 heterocycles. The first-order valence-electron chi connectivity index (χ1n) is 0.997. The molecule has 0 saturated heterocycles. The van der Waals surface area contributed by atoms with Gasteiger partial charge in [0.25, 0.3) is 0 Å². The molecule has 0 nitrogen and oxygen atoms in total. The van der Waals surface area contributed by atoms with Crippen LogP contribution in [0.5, 0.6) is 0 Å². The zero-order valence-corrected chi connectivity index (χ0v) is 16.2. The van der Waals surface area contributed by atoms with E-state index in [1.54, 1.807) is 0 Å². The van der Waals surface area contributed by atoms with Gasteiger partial charge in [-0.05, 0) is 0 Å². The van der Waals surface area contributed by atoms with E-state index in [2.05, 4.69) is 0 Å². The summed E-state index contributed by atoms with van der Waals surface area (Å²) >= 11 is -2.56. The van der Waals surface area contributed by atoms with Crippen molar-refractivity contribution in [1.29, 1.82) is 0 Å². The predicted octanol–water partition coefficient (Wildman–Crippen LogP) is 3.44. The largest absolute Gasteiger partial charge is 0 e. The molecular formula is Cl5CrFeZn2. The van der Waals surface area contributed by atoms with Crippen molar-refractivity contribution in [2.24, 2.45) is 0 Å². The van der Waals surface area contributed by atoms with Gasteiger partial charge in [-0.3, -0.25) is 0 Å². The maximum atomic E-state index is 4.95. The smallest absolute Gasteiger partial charge is 0 e. The second-order valence-electron chi connectivity index (χ2n) is 0.276. The van der Waals surface area contributed by atoms with E-state index in [0.717, 1.165) is 0 Å². The van der Waals surface area contributed by atoms with Crippen molar-refractivity contribution in [2.75, 3.05) is 0 Å². The summed E-state index contributed by atoms with van der Waals surface area (Å²) in [5.41, 5.74) is 0. The zero-order chi connectivity index (χ0) is 6.28. The molecule has 0 fully saturated rings. The van der Waals surface area contributed by atoms with Gasteiger partial charge in [-0.15, -0.1) is 0 Å². The van der Waals surface area contributed by atoms with Crippen molar-refractivity contribution < 1.29 is 63.1 Å². The van der Waals surface area contributed by atoms with Gasteiger partial charge in [0.05, 0.1) is 0 Å². The van der Waals surface area contributed by atoms with E-state index in [0.29, 0.717) is 0 Å². The number of hydrogen-bond acceptors (Lipinski definition) is 0. The van der Waals surface area contributed by atoms with Crippen molar-refractivity contribution in [3.05, 3.63) is 0 Å². The first-order valence-corrected chi connectivity index (χ1v) is 14.1. The van der Waals surface area contributed by atoms with Gasteiger partial charge in [0.2, 0.25) is 0 Å². The molecule has 0 saturated carbocycles. The van der Waals surface area contributed by atoms with Gasteiger partial charge in [-0.25, -0.2) is 0 Å². The molecule has 0 atom stereocenters. The number of halogens is 5. The Hall–Kier alpha value is 3.75. The minimum absolute atomic E-state index is 0. The maximum Gasteiger partial charge on any atom is 0 e. The minimum Gasteiger partial charge on any atom is 0 e. The van der Waals surface area contributed by atoms with Crippen LogP contribution in [0.15, 0.2) is 0 Å². The van der Waals surface area contributed by atoms with Crippen molar-refractivity contribution in [1.82, 2.24) is 0 Å². The molecule has 0 unspecified atom stereocenters. The van der Waals surface area contributed by atoms with E-state index in [4.69, 9.17) is 49.5 Å². The Labute approximate surface area is 111 Å². The Kier molecular flexibility index (Phi) is 57.8. The molecule has 0 aromatic carbocycles. The quantitative estimate of drug-likeness (QED) is 0.532. The Bertz CT molecular complexity index is 26.2. The standard InChI is InChI=1S/5ClH.Cr.Fe.2Zn/h5*1H;;;;/q;;;;;+3;;;+2/p-5. The van der Waals surface area contributed by atoms with E-state index in [1.807, 2.05) is 0 Å². The van der Waals surface area contributed by atoms with E-state index in [1.165, 1.54) is 0 Å². The molecule has 9 heavy (non-hydrogen) atoms. The summed E-state index contributed by atoms with van der Waals surface area (Å²) in [7, 11) is 24.7. The summed E-state index contributed by atoms with van der Waals surface area (Å²) < 4.78 is 0. The molecule has 0 aliphatic heterocycles. The predicted molar refractivity (Wildman–Crippen MR) is 29.3 cm³/mol. The van der Waals surface area contributed by atoms with Gasteiger partial charge >= 0.3 is 76.1 Å². The molecule has 0 amide bonds. The van der Waals surface area contributed by atoms with E-state index >= 15 is 0 Å². The van der Waals surface area contributed by atoms with Crippen molar-refractivity contribution >= 4 is 49.5 Å². The van der Waals surface area contributed by atoms with E-state index in [-0.39, 0.29) is 36.5 Å². The topological polar surface area (TPSA) is 0 Å². The van der Waals surface area contributed by atoms with E-state index < -0.39 is 26.5 Å². The number of hydrogen-bond donors (Lipinski definition) is 0. The van der Waals surface area contributed by atoms with Gasteiger partial charge in [-0.2, -0.15) is 0 Å². The second-order valence-corrected chi connectivity index (χ2v) is 11.2. The third-order valence-electron chi connectivity index (χ3n) is 0. The fourth-order valence-electron chi connectivity index (χ4n) is 0. The third kappa shape index (κ3) is 79.5. The SMILES string of the molecule is [Cl][Cr]([Cl])[Cl].[Cl][Zn][Cl].[Fe].[Zn]. The van der Waals surface area contributed by atoms with E-state index in [9.17, 15) is 0 Å². The van der Waals surface area contributed by atoms with Crippen LogP contribution in [0.4, 0.5) is 0 Å². The number of rotatable bonds is 0. The van der Waals surface area contributed by atoms with Crippen LogP contribution < -0.4 is 0 Å². The minimum atomic E-state index is -1.62. The summed E-state index contributed by atoms with van der Waals surface area (Å²) in [6, 6.07) is 0. The van der Waals surface area contributed by atoms with Crippen molar-refractivity contribution in [2.45, 2.75) is 0 Å². The Morgan fingerprint density at radius 3 is 1.00 bits per heavy atom. The molecule has 0 aromatic heterocycles. The van der Waals surface area contributed by atoms with Crippen LogP contribution in [0.2, 0.25) is 0 Å². The van der Waals surface area contributed by atoms with Gasteiger partial charge < -0.3 is 0 Å². The van der Waals surface area contributed by atoms with Crippen LogP contribution in [-0.2, 0) is 63.1 Å². The average Bonchev–Trinajstić information content (AvgIpc) is 1.33. The van der Waals surface area contributed by atoms with Crippen LogP contribution in [0.1, 0.15) is 0 Å². The molecule has 0 rings (SSSR count). The Balaban J connectivity index is -0.0000000233. The zero-order valence-electron chi connectivity index (χ0n) is 4.07. The molecule has 9 heteroatoms. The summed E-state index contributed by atoms with van der Waals surface area (Å²) in [6.45, 7) is 0. The molecule has 0 N–H and O–H groups in total. The van der Waals surface area contributed by atoms with Crippen molar-refractivity contribution in [3.63, 3.8) is 0 Å². The summed E-state index contributed by atoms with van der Waals surface area (Å²) in [4.78, 5) is 0. The average molecular weight is 416 g/mol. The molecule has 0 radical (unpaired) electrons. The summed E-state index contributed by atoms with van der Waals surface area (Å²) in [6.07, 6.45) is 0. The van der Waals surface area contributed by atoms with Crippen molar-refractivity contribution in [3.8, 4) is 0 Å². The molecule has 53 valence electrons. The third-order valence-corrected chi connectivity index (χ3v) is 0. The fourth-order valence-corrected chi connectivity index (χ4v) is 0. The molecular weight excluding hydrogens is 416 g/mol. The molecule has 0 bridgehead atoms. The molecule has 0 spiro atoms. The molecule has 0 aliphatic carbocycles. The Morgan fingerprint density at radius 1 is 1.00 bits per heavy atom. The van der Waals surface area contributed by atoms with Gasteiger partial charge in [0.15, 0.2) is 0 Å². The molecule has 0 aromatic rings. The van der Waals surface area contributed by atoms with Crippen LogP contribution in [0.3, 0.4) is 0 Å².